The molecule has 4 saturated carbocycles. The molecule has 0 heterocycles. The monoisotopic (exact) mass is 456 g/mol. The van der Waals surface area contributed by atoms with Crippen molar-refractivity contribution >= 4 is 5.97 Å². The summed E-state index contributed by atoms with van der Waals surface area (Å²) in [6, 6.07) is 0. The van der Waals surface area contributed by atoms with Gasteiger partial charge in [0.2, 0.25) is 0 Å². The zero-order chi connectivity index (χ0) is 23.8. The van der Waals surface area contributed by atoms with Gasteiger partial charge in [-0.25, -0.2) is 4.79 Å². The molecular weight excluding hydrogens is 404 g/mol. The molecule has 33 heavy (non-hydrogen) atoms. The summed E-state index contributed by atoms with van der Waals surface area (Å²) < 4.78 is 5.20. The quantitative estimate of drug-likeness (QED) is 0.283. The van der Waals surface area contributed by atoms with Crippen molar-refractivity contribution in [1.29, 1.82) is 0 Å². The number of esters is 1. The molecule has 4 aliphatic rings. The molecule has 188 valence electrons. The Kier molecular flexibility index (Phi) is 7.72. The third-order valence-electron chi connectivity index (χ3n) is 11.4. The first-order chi connectivity index (χ1) is 15.7. The minimum absolute atomic E-state index is 0.127. The number of hydrogen-bond acceptors (Lipinski definition) is 2. The molecule has 0 aromatic carbocycles. The van der Waals surface area contributed by atoms with Gasteiger partial charge in [-0.05, 0) is 117 Å². The molecule has 0 aliphatic heterocycles. The summed E-state index contributed by atoms with van der Waals surface area (Å²) in [5, 5.41) is 0. The first-order valence-corrected chi connectivity index (χ1v) is 14.5. The van der Waals surface area contributed by atoms with Gasteiger partial charge in [-0.3, -0.25) is 0 Å². The molecular formula is C31H52O2. The molecule has 0 spiro atoms. The van der Waals surface area contributed by atoms with Gasteiger partial charge in [-0.15, -0.1) is 0 Å². The van der Waals surface area contributed by atoms with Crippen molar-refractivity contribution in [2.75, 3.05) is 6.61 Å². The molecule has 2 heteroatoms. The average molecular weight is 457 g/mol. The first kappa shape index (κ1) is 25.3. The van der Waals surface area contributed by atoms with Crippen LogP contribution in [0.15, 0.2) is 11.6 Å². The van der Waals surface area contributed by atoms with Gasteiger partial charge in [0.05, 0.1) is 6.61 Å². The normalized spacial score (nSPS) is 42.5. The topological polar surface area (TPSA) is 26.3 Å². The third kappa shape index (κ3) is 4.84. The maximum atomic E-state index is 12.0. The van der Waals surface area contributed by atoms with Crippen LogP contribution < -0.4 is 0 Å². The number of allylic oxidation sites excluding steroid dienone is 1. The number of hydrogen-bond donors (Lipinski definition) is 0. The van der Waals surface area contributed by atoms with E-state index in [4.69, 9.17) is 4.74 Å². The van der Waals surface area contributed by atoms with Crippen LogP contribution in [0.1, 0.15) is 119 Å². The van der Waals surface area contributed by atoms with E-state index in [2.05, 4.69) is 34.6 Å². The van der Waals surface area contributed by atoms with E-state index in [1.807, 2.05) is 13.0 Å². The van der Waals surface area contributed by atoms with Crippen molar-refractivity contribution < 1.29 is 9.53 Å². The molecule has 0 radical (unpaired) electrons. The highest BCUT2D eigenvalue weighted by Gasteiger charge is 2.60. The van der Waals surface area contributed by atoms with Crippen LogP contribution in [0.25, 0.3) is 0 Å². The van der Waals surface area contributed by atoms with Crippen LogP contribution in [0.4, 0.5) is 0 Å². The molecule has 2 nitrogen and oxygen atoms in total. The van der Waals surface area contributed by atoms with E-state index >= 15 is 0 Å². The van der Waals surface area contributed by atoms with E-state index in [0.29, 0.717) is 17.4 Å². The summed E-state index contributed by atoms with van der Waals surface area (Å²) in [6.45, 7) is 15.0. The van der Waals surface area contributed by atoms with Crippen molar-refractivity contribution in [3.8, 4) is 0 Å². The van der Waals surface area contributed by atoms with E-state index in [1.165, 1.54) is 69.8 Å². The smallest absolute Gasteiger partial charge is 0.330 e. The summed E-state index contributed by atoms with van der Waals surface area (Å²) in [5.74, 6) is 6.16. The van der Waals surface area contributed by atoms with Crippen molar-refractivity contribution in [1.82, 2.24) is 0 Å². The SMILES string of the molecule is CCOC(=O)/C=C1/CC[C@@]2(C)[C@@H](CC[C@@H]3[C@@H]2CC[C@]2(C)[C@@H]([C@H](C)CCCC(C)C)CC[C@@H]32)C1. The van der Waals surface area contributed by atoms with Crippen LogP contribution in [0.5, 0.6) is 0 Å². The Morgan fingerprint density at radius 1 is 1.00 bits per heavy atom. The highest BCUT2D eigenvalue weighted by atomic mass is 16.5. The van der Waals surface area contributed by atoms with Gasteiger partial charge in [0.1, 0.15) is 0 Å². The Bertz CT molecular complexity index is 722. The number of fused-ring (bicyclic) bond motifs is 5. The van der Waals surface area contributed by atoms with E-state index in [-0.39, 0.29) is 5.97 Å². The van der Waals surface area contributed by atoms with Gasteiger partial charge in [-0.2, -0.15) is 0 Å². The third-order valence-corrected chi connectivity index (χ3v) is 11.4. The fourth-order valence-electron chi connectivity index (χ4n) is 9.61. The highest BCUT2D eigenvalue weighted by molar-refractivity contribution is 5.82. The summed E-state index contributed by atoms with van der Waals surface area (Å²) in [6.07, 6.45) is 18.3. The Morgan fingerprint density at radius 3 is 2.48 bits per heavy atom. The Morgan fingerprint density at radius 2 is 1.76 bits per heavy atom. The fourth-order valence-corrected chi connectivity index (χ4v) is 9.61. The molecule has 4 rings (SSSR count). The fraction of sp³-hybridized carbons (Fsp3) is 0.903. The van der Waals surface area contributed by atoms with Crippen molar-refractivity contribution in [3.05, 3.63) is 11.6 Å². The lowest BCUT2D eigenvalue weighted by Gasteiger charge is -2.61. The largest absolute Gasteiger partial charge is 0.463 e. The summed E-state index contributed by atoms with van der Waals surface area (Å²) in [7, 11) is 0. The predicted octanol–water partition coefficient (Wildman–Crippen LogP) is 8.60. The second-order valence-corrected chi connectivity index (χ2v) is 13.4. The first-order valence-electron chi connectivity index (χ1n) is 14.5. The zero-order valence-corrected chi connectivity index (χ0v) is 22.6. The minimum atomic E-state index is -0.127. The van der Waals surface area contributed by atoms with E-state index in [1.54, 1.807) is 0 Å². The molecule has 0 bridgehead atoms. The number of carbonyl (C=O) groups excluding carboxylic acids is 1. The van der Waals surface area contributed by atoms with Crippen LogP contribution >= 0.6 is 0 Å². The maximum absolute atomic E-state index is 12.0. The molecule has 0 aromatic heterocycles. The second kappa shape index (κ2) is 10.1. The molecule has 0 unspecified atom stereocenters. The molecule has 0 amide bonds. The molecule has 8 atom stereocenters. The Balaban J connectivity index is 1.43. The summed E-state index contributed by atoms with van der Waals surface area (Å²) in [5.41, 5.74) is 2.42. The number of carbonyl (C=O) groups is 1. The van der Waals surface area contributed by atoms with Gasteiger partial charge in [0.25, 0.3) is 0 Å². The zero-order valence-electron chi connectivity index (χ0n) is 22.6. The Labute approximate surface area is 204 Å². The van der Waals surface area contributed by atoms with Crippen LogP contribution in [-0.4, -0.2) is 12.6 Å². The van der Waals surface area contributed by atoms with Gasteiger partial charge in [0, 0.05) is 6.08 Å². The molecule has 4 fully saturated rings. The van der Waals surface area contributed by atoms with E-state index < -0.39 is 0 Å². The molecule has 0 aromatic rings. The van der Waals surface area contributed by atoms with Crippen molar-refractivity contribution in [2.24, 2.45) is 52.3 Å². The van der Waals surface area contributed by atoms with Crippen LogP contribution in [0, 0.1) is 52.3 Å². The molecule has 0 saturated heterocycles. The average Bonchev–Trinajstić information content (AvgIpc) is 3.11. The lowest BCUT2D eigenvalue weighted by molar-refractivity contribution is -0.137. The summed E-state index contributed by atoms with van der Waals surface area (Å²) >= 11 is 0. The van der Waals surface area contributed by atoms with Gasteiger partial charge < -0.3 is 4.74 Å². The standard InChI is InChI=1S/C31H52O2/c1-7-33-29(32)20-23-15-17-30(5)24(19-23)11-12-25-27-14-13-26(22(4)10-8-9-21(2)3)31(27,6)18-16-28(25)30/h20-22,24-28H,7-19H2,1-6H3/b23-20-/t22-,24+,25+,26-,27+,28+,30+,31-/m1/s1. The lowest BCUT2D eigenvalue weighted by Crippen LogP contribution is -2.53. The predicted molar refractivity (Wildman–Crippen MR) is 138 cm³/mol. The molecule has 0 N–H and O–H groups in total. The minimum Gasteiger partial charge on any atom is -0.463 e. The van der Waals surface area contributed by atoms with Gasteiger partial charge in [-0.1, -0.05) is 59.5 Å². The van der Waals surface area contributed by atoms with Crippen LogP contribution in [0.3, 0.4) is 0 Å². The second-order valence-electron chi connectivity index (χ2n) is 13.4. The maximum Gasteiger partial charge on any atom is 0.330 e. The van der Waals surface area contributed by atoms with E-state index in [0.717, 1.165) is 54.3 Å². The van der Waals surface area contributed by atoms with Crippen molar-refractivity contribution in [2.45, 2.75) is 119 Å². The Hall–Kier alpha value is -0.790. The number of rotatable bonds is 7. The van der Waals surface area contributed by atoms with Gasteiger partial charge in [0.15, 0.2) is 0 Å². The molecule has 4 aliphatic carbocycles. The number of ether oxygens (including phenoxy) is 1. The van der Waals surface area contributed by atoms with Gasteiger partial charge >= 0.3 is 5.97 Å². The lowest BCUT2D eigenvalue weighted by atomic mass is 9.44. The van der Waals surface area contributed by atoms with Crippen LogP contribution in [-0.2, 0) is 9.53 Å². The van der Waals surface area contributed by atoms with Crippen LogP contribution in [0.2, 0.25) is 0 Å². The van der Waals surface area contributed by atoms with Crippen molar-refractivity contribution in [3.63, 3.8) is 0 Å². The van der Waals surface area contributed by atoms with E-state index in [9.17, 15) is 4.79 Å². The highest BCUT2D eigenvalue weighted by Crippen LogP contribution is 2.68. The summed E-state index contributed by atoms with van der Waals surface area (Å²) in [4.78, 5) is 12.0.